The van der Waals surface area contributed by atoms with Crippen LogP contribution in [0.5, 0.6) is 0 Å². The van der Waals surface area contributed by atoms with Crippen molar-refractivity contribution in [2.45, 2.75) is 51.4 Å². The molecule has 2 atom stereocenters. The maximum absolute atomic E-state index is 11.9. The van der Waals surface area contributed by atoms with Crippen molar-refractivity contribution < 1.29 is 24.5 Å². The zero-order chi connectivity index (χ0) is 16.8. The van der Waals surface area contributed by atoms with Gasteiger partial charge < -0.3 is 20.3 Å². The fraction of sp³-hybridized carbons (Fsp3) is 0.500. The fourth-order valence-electron chi connectivity index (χ4n) is 1.93. The van der Waals surface area contributed by atoms with Crippen LogP contribution < -0.4 is 5.32 Å². The number of aliphatic carboxylic acids is 1. The molecule has 0 aliphatic carbocycles. The van der Waals surface area contributed by atoms with E-state index in [-0.39, 0.29) is 12.8 Å². The molecule has 1 aromatic carbocycles. The molecule has 0 saturated heterocycles. The Bertz CT molecular complexity index is 495. The Labute approximate surface area is 130 Å². The van der Waals surface area contributed by atoms with Gasteiger partial charge in [0.05, 0.1) is 12.1 Å². The predicted octanol–water partition coefficient (Wildman–Crippen LogP) is 2.48. The summed E-state index contributed by atoms with van der Waals surface area (Å²) in [5.41, 5.74) is 0.0309. The number of nitrogens with one attached hydrogen (secondary N) is 1. The van der Waals surface area contributed by atoms with Crippen LogP contribution in [-0.4, -0.2) is 34.0 Å². The minimum Gasteiger partial charge on any atom is -0.481 e. The number of amides is 1. The molecule has 0 radical (unpaired) electrons. The first-order chi connectivity index (χ1) is 10.2. The van der Waals surface area contributed by atoms with Crippen molar-refractivity contribution in [2.24, 2.45) is 0 Å². The van der Waals surface area contributed by atoms with Gasteiger partial charge in [-0.15, -0.1) is 0 Å². The first-order valence-corrected chi connectivity index (χ1v) is 7.13. The summed E-state index contributed by atoms with van der Waals surface area (Å²) in [4.78, 5) is 22.6. The van der Waals surface area contributed by atoms with E-state index in [0.29, 0.717) is 5.56 Å². The third kappa shape index (κ3) is 6.58. The third-order valence-corrected chi connectivity index (χ3v) is 2.87. The number of carboxylic acid groups (broad SMARTS) is 1. The van der Waals surface area contributed by atoms with E-state index in [2.05, 4.69) is 5.32 Å². The minimum absolute atomic E-state index is 0.0324. The lowest BCUT2D eigenvalue weighted by Gasteiger charge is -2.27. The van der Waals surface area contributed by atoms with Crippen LogP contribution in [0.1, 0.15) is 45.2 Å². The van der Waals surface area contributed by atoms with Crippen LogP contribution in [0.15, 0.2) is 30.3 Å². The number of carbonyl (C=O) groups excluding carboxylic acids is 1. The molecular weight excluding hydrogens is 286 g/mol. The molecule has 1 amide bonds. The van der Waals surface area contributed by atoms with Gasteiger partial charge in [-0.25, -0.2) is 4.79 Å². The third-order valence-electron chi connectivity index (χ3n) is 2.87. The number of ether oxygens (including phenoxy) is 1. The van der Waals surface area contributed by atoms with Crippen molar-refractivity contribution in [3.05, 3.63) is 35.9 Å². The van der Waals surface area contributed by atoms with Gasteiger partial charge in [0, 0.05) is 6.42 Å². The number of alkyl carbamates (subject to hydrolysis) is 1. The first kappa shape index (κ1) is 18.0. The highest BCUT2D eigenvalue weighted by molar-refractivity contribution is 5.69. The molecule has 0 saturated carbocycles. The largest absolute Gasteiger partial charge is 0.481 e. The zero-order valence-corrected chi connectivity index (χ0v) is 13.1. The van der Waals surface area contributed by atoms with E-state index in [1.165, 1.54) is 0 Å². The number of carbonyl (C=O) groups is 2. The van der Waals surface area contributed by atoms with Gasteiger partial charge in [-0.1, -0.05) is 30.3 Å². The number of rotatable bonds is 6. The molecule has 0 heterocycles. The molecule has 1 aromatic rings. The van der Waals surface area contributed by atoms with E-state index in [1.807, 2.05) is 6.07 Å². The van der Waals surface area contributed by atoms with Gasteiger partial charge >= 0.3 is 12.1 Å². The van der Waals surface area contributed by atoms with Crippen LogP contribution in [0.4, 0.5) is 4.79 Å². The fourth-order valence-corrected chi connectivity index (χ4v) is 1.93. The molecular formula is C16H23NO5. The monoisotopic (exact) mass is 309 g/mol. The van der Waals surface area contributed by atoms with Gasteiger partial charge in [-0.05, 0) is 32.8 Å². The van der Waals surface area contributed by atoms with Crippen molar-refractivity contribution in [3.63, 3.8) is 0 Å². The van der Waals surface area contributed by atoms with Gasteiger partial charge in [0.15, 0.2) is 0 Å². The molecule has 0 aliphatic rings. The van der Waals surface area contributed by atoms with Gasteiger partial charge in [-0.3, -0.25) is 4.79 Å². The summed E-state index contributed by atoms with van der Waals surface area (Å²) >= 11 is 0. The second kappa shape index (κ2) is 7.79. The molecule has 0 unspecified atom stereocenters. The maximum Gasteiger partial charge on any atom is 0.408 e. The van der Waals surface area contributed by atoms with Crippen LogP contribution in [-0.2, 0) is 9.53 Å². The maximum atomic E-state index is 11.9. The predicted molar refractivity (Wildman–Crippen MR) is 81.4 cm³/mol. The number of hydrogen-bond donors (Lipinski definition) is 3. The molecule has 6 heteroatoms. The van der Waals surface area contributed by atoms with Crippen molar-refractivity contribution in [3.8, 4) is 0 Å². The molecule has 0 fully saturated rings. The van der Waals surface area contributed by atoms with E-state index in [0.717, 1.165) is 0 Å². The Morgan fingerprint density at radius 3 is 2.32 bits per heavy atom. The lowest BCUT2D eigenvalue weighted by atomic mass is 9.98. The molecule has 6 nitrogen and oxygen atoms in total. The smallest absolute Gasteiger partial charge is 0.408 e. The zero-order valence-electron chi connectivity index (χ0n) is 13.1. The Morgan fingerprint density at radius 1 is 1.23 bits per heavy atom. The summed E-state index contributed by atoms with van der Waals surface area (Å²) in [5.74, 6) is -0.997. The topological polar surface area (TPSA) is 95.9 Å². The van der Waals surface area contributed by atoms with Gasteiger partial charge in [0.25, 0.3) is 0 Å². The standard InChI is InChI=1S/C16H23NO5/c1-16(2,3)22-15(21)17-14(11-7-5-4-6-8-11)12(18)9-10-13(19)20/h4-8,12,14,18H,9-10H2,1-3H3,(H,17,21)(H,19,20)/t12-,14+/m0/s1. The average molecular weight is 309 g/mol. The number of aliphatic hydroxyl groups is 1. The average Bonchev–Trinajstić information content (AvgIpc) is 2.41. The highest BCUT2D eigenvalue weighted by Gasteiger charge is 2.26. The Hall–Kier alpha value is -2.08. The van der Waals surface area contributed by atoms with E-state index in [4.69, 9.17) is 9.84 Å². The van der Waals surface area contributed by atoms with Crippen molar-refractivity contribution >= 4 is 12.1 Å². The first-order valence-electron chi connectivity index (χ1n) is 7.13. The molecule has 0 aliphatic heterocycles. The summed E-state index contributed by atoms with van der Waals surface area (Å²) in [6.07, 6.45) is -1.83. The Morgan fingerprint density at radius 2 is 1.82 bits per heavy atom. The minimum atomic E-state index is -1.02. The van der Waals surface area contributed by atoms with E-state index >= 15 is 0 Å². The molecule has 1 rings (SSSR count). The SMILES string of the molecule is CC(C)(C)OC(=O)N[C@H](c1ccccc1)[C@@H](O)CCC(=O)O. The summed E-state index contributed by atoms with van der Waals surface area (Å²) in [7, 11) is 0. The van der Waals surface area contributed by atoms with Gasteiger partial charge in [0.2, 0.25) is 0 Å². The summed E-state index contributed by atoms with van der Waals surface area (Å²) in [5, 5.41) is 21.6. The van der Waals surface area contributed by atoms with Crippen molar-refractivity contribution in [1.29, 1.82) is 0 Å². The summed E-state index contributed by atoms with van der Waals surface area (Å²) in [6.45, 7) is 5.22. The quantitative estimate of drug-likeness (QED) is 0.750. The molecule has 22 heavy (non-hydrogen) atoms. The van der Waals surface area contributed by atoms with Crippen LogP contribution in [0.25, 0.3) is 0 Å². The number of benzene rings is 1. The Kier molecular flexibility index (Phi) is 6.37. The van der Waals surface area contributed by atoms with Gasteiger partial charge in [-0.2, -0.15) is 0 Å². The number of hydrogen-bond acceptors (Lipinski definition) is 4. The second-order valence-corrected chi connectivity index (χ2v) is 6.03. The second-order valence-electron chi connectivity index (χ2n) is 6.03. The summed E-state index contributed by atoms with van der Waals surface area (Å²) in [6, 6.07) is 8.16. The van der Waals surface area contributed by atoms with E-state index in [1.54, 1.807) is 45.0 Å². The molecule has 3 N–H and O–H groups in total. The van der Waals surface area contributed by atoms with E-state index in [9.17, 15) is 14.7 Å². The Balaban J connectivity index is 2.83. The lowest BCUT2D eigenvalue weighted by Crippen LogP contribution is -2.39. The molecule has 0 aromatic heterocycles. The van der Waals surface area contributed by atoms with Gasteiger partial charge in [0.1, 0.15) is 5.60 Å². The highest BCUT2D eigenvalue weighted by Crippen LogP contribution is 2.21. The van der Waals surface area contributed by atoms with Crippen LogP contribution in [0, 0.1) is 0 Å². The van der Waals surface area contributed by atoms with Crippen LogP contribution >= 0.6 is 0 Å². The summed E-state index contributed by atoms with van der Waals surface area (Å²) < 4.78 is 5.19. The lowest BCUT2D eigenvalue weighted by molar-refractivity contribution is -0.137. The van der Waals surface area contributed by atoms with Crippen molar-refractivity contribution in [1.82, 2.24) is 5.32 Å². The molecule has 0 bridgehead atoms. The molecule has 0 spiro atoms. The van der Waals surface area contributed by atoms with E-state index < -0.39 is 29.8 Å². The van der Waals surface area contributed by atoms with Crippen LogP contribution in [0.2, 0.25) is 0 Å². The van der Waals surface area contributed by atoms with Crippen LogP contribution in [0.3, 0.4) is 0 Å². The number of carboxylic acids is 1. The molecule has 122 valence electrons. The highest BCUT2D eigenvalue weighted by atomic mass is 16.6. The van der Waals surface area contributed by atoms with Crippen molar-refractivity contribution in [2.75, 3.05) is 0 Å². The normalized spacial score (nSPS) is 14.0. The number of aliphatic hydroxyl groups excluding tert-OH is 1.